The van der Waals surface area contributed by atoms with Crippen molar-refractivity contribution in [3.8, 4) is 5.75 Å². The van der Waals surface area contributed by atoms with Gasteiger partial charge < -0.3 is 15.5 Å². The molecule has 0 saturated heterocycles. The number of phenolic OH excluding ortho intramolecular Hbond substituents is 1. The van der Waals surface area contributed by atoms with Crippen LogP contribution in [0.2, 0.25) is 0 Å². The number of phenols is 1. The van der Waals surface area contributed by atoms with E-state index in [1.807, 2.05) is 13.8 Å². The quantitative estimate of drug-likeness (QED) is 0.745. The van der Waals surface area contributed by atoms with E-state index in [9.17, 15) is 15.0 Å². The van der Waals surface area contributed by atoms with Gasteiger partial charge >= 0.3 is 0 Å². The van der Waals surface area contributed by atoms with Gasteiger partial charge in [-0.05, 0) is 25.0 Å². The number of aromatic hydroxyl groups is 1. The van der Waals surface area contributed by atoms with Gasteiger partial charge in [-0.15, -0.1) is 0 Å². The van der Waals surface area contributed by atoms with Gasteiger partial charge in [0.15, 0.2) is 0 Å². The van der Waals surface area contributed by atoms with E-state index in [1.54, 1.807) is 25.1 Å². The normalized spacial score (nSPS) is 25.3. The van der Waals surface area contributed by atoms with Crippen LogP contribution in [0, 0.1) is 12.3 Å². The molecular formula is C14H19NO3. The summed E-state index contributed by atoms with van der Waals surface area (Å²) in [6.07, 6.45) is 0.180. The molecule has 1 fully saturated rings. The lowest BCUT2D eigenvalue weighted by Gasteiger charge is -2.49. The minimum atomic E-state index is -0.381. The molecule has 1 saturated carbocycles. The maximum Gasteiger partial charge on any atom is 0.255 e. The first-order chi connectivity index (χ1) is 8.34. The van der Waals surface area contributed by atoms with E-state index >= 15 is 0 Å². The zero-order valence-electron chi connectivity index (χ0n) is 10.9. The van der Waals surface area contributed by atoms with Gasteiger partial charge in [0.1, 0.15) is 5.75 Å². The van der Waals surface area contributed by atoms with Crippen LogP contribution < -0.4 is 5.32 Å². The van der Waals surface area contributed by atoms with Crippen molar-refractivity contribution in [3.05, 3.63) is 29.3 Å². The van der Waals surface area contributed by atoms with Crippen LogP contribution >= 0.6 is 0 Å². The van der Waals surface area contributed by atoms with Gasteiger partial charge in [-0.1, -0.05) is 26.0 Å². The molecule has 0 aromatic heterocycles. The number of aliphatic hydroxyl groups excluding tert-OH is 1. The molecule has 4 heteroatoms. The Hall–Kier alpha value is -1.55. The molecule has 2 atom stereocenters. The Morgan fingerprint density at radius 3 is 2.67 bits per heavy atom. The summed E-state index contributed by atoms with van der Waals surface area (Å²) in [5, 5.41) is 22.3. The lowest BCUT2D eigenvalue weighted by atomic mass is 9.64. The monoisotopic (exact) mass is 249 g/mol. The predicted octanol–water partition coefficient (Wildman–Crippen LogP) is 1.59. The van der Waals surface area contributed by atoms with Crippen molar-refractivity contribution in [1.82, 2.24) is 5.32 Å². The molecule has 1 amide bonds. The highest BCUT2D eigenvalue weighted by molar-refractivity contribution is 5.97. The average molecular weight is 249 g/mol. The fourth-order valence-corrected chi connectivity index (χ4v) is 2.23. The fourth-order valence-electron chi connectivity index (χ4n) is 2.23. The van der Waals surface area contributed by atoms with E-state index in [0.717, 1.165) is 0 Å². The standard InChI is InChI=1S/C14H19NO3/c1-8-5-4-6-9(12(8)17)13(18)15-10-7-11(16)14(10,2)3/h4-6,10-11,16-17H,7H2,1-3H3,(H,15,18). The molecule has 4 nitrogen and oxygen atoms in total. The molecule has 3 N–H and O–H groups in total. The summed E-state index contributed by atoms with van der Waals surface area (Å²) in [5.41, 5.74) is 0.650. The van der Waals surface area contributed by atoms with Gasteiger partial charge in [0, 0.05) is 11.5 Å². The minimum Gasteiger partial charge on any atom is -0.507 e. The zero-order valence-corrected chi connectivity index (χ0v) is 10.9. The number of carbonyl (C=O) groups excluding carboxylic acids is 1. The molecule has 1 aliphatic carbocycles. The summed E-state index contributed by atoms with van der Waals surface area (Å²) >= 11 is 0. The second kappa shape index (κ2) is 4.28. The maximum atomic E-state index is 12.1. The number of amides is 1. The SMILES string of the molecule is Cc1cccc(C(=O)NC2CC(O)C2(C)C)c1O. The molecule has 0 spiro atoms. The Morgan fingerprint density at radius 2 is 2.11 bits per heavy atom. The van der Waals surface area contributed by atoms with E-state index in [4.69, 9.17) is 0 Å². The number of aryl methyl sites for hydroxylation is 1. The highest BCUT2D eigenvalue weighted by Crippen LogP contribution is 2.40. The summed E-state index contributed by atoms with van der Waals surface area (Å²) in [6, 6.07) is 5.04. The molecule has 2 rings (SSSR count). The maximum absolute atomic E-state index is 12.1. The minimum absolute atomic E-state index is 0.0210. The van der Waals surface area contributed by atoms with Gasteiger partial charge in [-0.25, -0.2) is 0 Å². The summed E-state index contributed by atoms with van der Waals surface area (Å²) in [7, 11) is 0. The second-order valence-corrected chi connectivity index (χ2v) is 5.57. The number of aliphatic hydroxyl groups is 1. The molecule has 0 aliphatic heterocycles. The van der Waals surface area contributed by atoms with Gasteiger partial charge in [0.05, 0.1) is 11.7 Å². The molecule has 2 unspecified atom stereocenters. The van der Waals surface area contributed by atoms with Crippen molar-refractivity contribution in [2.24, 2.45) is 5.41 Å². The van der Waals surface area contributed by atoms with E-state index < -0.39 is 0 Å². The zero-order chi connectivity index (χ0) is 13.5. The van der Waals surface area contributed by atoms with Crippen LogP contribution in [0.4, 0.5) is 0 Å². The van der Waals surface area contributed by atoms with Crippen LogP contribution in [0.3, 0.4) is 0 Å². The van der Waals surface area contributed by atoms with Gasteiger partial charge in [0.2, 0.25) is 0 Å². The summed E-state index contributed by atoms with van der Waals surface area (Å²) < 4.78 is 0. The molecule has 0 bridgehead atoms. The van der Waals surface area contributed by atoms with Gasteiger partial charge in [-0.3, -0.25) is 4.79 Å². The number of benzene rings is 1. The molecule has 1 aromatic carbocycles. The first-order valence-electron chi connectivity index (χ1n) is 6.11. The second-order valence-electron chi connectivity index (χ2n) is 5.57. The lowest BCUT2D eigenvalue weighted by molar-refractivity contribution is -0.0689. The van der Waals surface area contributed by atoms with Crippen LogP contribution in [0.25, 0.3) is 0 Å². The van der Waals surface area contributed by atoms with Crippen molar-refractivity contribution >= 4 is 5.91 Å². The van der Waals surface area contributed by atoms with Gasteiger partial charge in [-0.2, -0.15) is 0 Å². The van der Waals surface area contributed by atoms with E-state index in [-0.39, 0.29) is 34.8 Å². The Morgan fingerprint density at radius 1 is 1.44 bits per heavy atom. The first kappa shape index (κ1) is 12.9. The van der Waals surface area contributed by atoms with Crippen LogP contribution in [0.1, 0.15) is 36.2 Å². The number of rotatable bonds is 2. The summed E-state index contributed by atoms with van der Waals surface area (Å²) in [6.45, 7) is 5.59. The van der Waals surface area contributed by atoms with Crippen LogP contribution in [0.5, 0.6) is 5.75 Å². The molecule has 98 valence electrons. The van der Waals surface area contributed by atoms with Crippen LogP contribution in [0.15, 0.2) is 18.2 Å². The third kappa shape index (κ3) is 1.97. The molecular weight excluding hydrogens is 230 g/mol. The van der Waals surface area contributed by atoms with Crippen molar-refractivity contribution in [3.63, 3.8) is 0 Å². The number of carbonyl (C=O) groups is 1. The largest absolute Gasteiger partial charge is 0.507 e. The predicted molar refractivity (Wildman–Crippen MR) is 68.5 cm³/mol. The smallest absolute Gasteiger partial charge is 0.255 e. The Kier molecular flexibility index (Phi) is 3.07. The molecule has 1 aliphatic rings. The number of nitrogens with one attached hydrogen (secondary N) is 1. The van der Waals surface area contributed by atoms with Crippen molar-refractivity contribution in [2.75, 3.05) is 0 Å². The number of hydrogen-bond donors (Lipinski definition) is 3. The first-order valence-corrected chi connectivity index (χ1v) is 6.11. The van der Waals surface area contributed by atoms with Crippen molar-refractivity contribution < 1.29 is 15.0 Å². The number of hydrogen-bond acceptors (Lipinski definition) is 3. The summed E-state index contributed by atoms with van der Waals surface area (Å²) in [5.74, 6) is -0.270. The molecule has 0 heterocycles. The number of para-hydroxylation sites is 1. The lowest BCUT2D eigenvalue weighted by Crippen LogP contribution is -2.61. The van der Waals surface area contributed by atoms with Gasteiger partial charge in [0.25, 0.3) is 5.91 Å². The molecule has 18 heavy (non-hydrogen) atoms. The molecule has 1 aromatic rings. The highest BCUT2D eigenvalue weighted by atomic mass is 16.3. The highest BCUT2D eigenvalue weighted by Gasteiger charge is 2.48. The Bertz CT molecular complexity index is 482. The van der Waals surface area contributed by atoms with E-state index in [2.05, 4.69) is 5.32 Å². The third-order valence-corrected chi connectivity index (χ3v) is 4.00. The summed E-state index contributed by atoms with van der Waals surface area (Å²) in [4.78, 5) is 12.1. The van der Waals surface area contributed by atoms with Crippen LogP contribution in [-0.2, 0) is 0 Å². The molecule has 0 radical (unpaired) electrons. The van der Waals surface area contributed by atoms with Crippen molar-refractivity contribution in [2.45, 2.75) is 39.3 Å². The Labute approximate surface area is 107 Å². The Balaban J connectivity index is 2.12. The topological polar surface area (TPSA) is 69.6 Å². The van der Waals surface area contributed by atoms with Crippen LogP contribution in [-0.4, -0.2) is 28.3 Å². The van der Waals surface area contributed by atoms with E-state index in [1.165, 1.54) is 0 Å². The third-order valence-electron chi connectivity index (χ3n) is 4.00. The average Bonchev–Trinajstić information content (AvgIpc) is 2.32. The van der Waals surface area contributed by atoms with E-state index in [0.29, 0.717) is 12.0 Å². The fraction of sp³-hybridized carbons (Fsp3) is 0.500. The van der Waals surface area contributed by atoms with Crippen molar-refractivity contribution in [1.29, 1.82) is 0 Å².